The Morgan fingerprint density at radius 1 is 1.47 bits per heavy atom. The first-order valence-electron chi connectivity index (χ1n) is 5.63. The average Bonchev–Trinajstić information content (AvgIpc) is 2.38. The van der Waals surface area contributed by atoms with Crippen LogP contribution in [0.5, 0.6) is 0 Å². The van der Waals surface area contributed by atoms with Crippen molar-refractivity contribution in [2.24, 2.45) is 4.99 Å². The fourth-order valence-electron chi connectivity index (χ4n) is 1.47. The Hall–Kier alpha value is -1.06. The topological polar surface area (TPSA) is 32.6 Å². The maximum Gasteiger partial charge on any atom is 0.0778 e. The molecule has 3 heteroatoms. The minimum absolute atomic E-state index is 0.121. The second-order valence-corrected chi connectivity index (χ2v) is 4.70. The molecule has 0 spiro atoms. The molecule has 1 aromatic rings. The molecule has 0 radical (unpaired) electrons. The molecule has 2 nitrogen and oxygen atoms in total. The van der Waals surface area contributed by atoms with Gasteiger partial charge in [0.25, 0.3) is 0 Å². The predicted octanol–water partition coefficient (Wildman–Crippen LogP) is 3.45. The van der Waals surface area contributed by atoms with E-state index in [4.69, 9.17) is 0 Å². The highest BCUT2D eigenvalue weighted by Crippen LogP contribution is 2.19. The first-order valence-corrected chi connectivity index (χ1v) is 6.86. The SMILES string of the molecule is C=C[C@H](O)CC(=N[C@@H](C)c1ccccc1)SC. The second-order valence-electron chi connectivity index (χ2n) is 3.82. The van der Waals surface area contributed by atoms with E-state index in [1.165, 1.54) is 5.56 Å². The van der Waals surface area contributed by atoms with Gasteiger partial charge >= 0.3 is 0 Å². The molecule has 0 aliphatic carbocycles. The van der Waals surface area contributed by atoms with Crippen LogP contribution in [0.4, 0.5) is 0 Å². The highest BCUT2D eigenvalue weighted by Gasteiger charge is 2.08. The molecule has 1 rings (SSSR count). The van der Waals surface area contributed by atoms with Crippen molar-refractivity contribution >= 4 is 16.8 Å². The zero-order valence-corrected chi connectivity index (χ0v) is 11.2. The molecule has 1 N–H and O–H groups in total. The number of nitrogens with zero attached hydrogens (tertiary/aromatic N) is 1. The summed E-state index contributed by atoms with van der Waals surface area (Å²) in [6, 6.07) is 10.3. The van der Waals surface area contributed by atoms with Crippen LogP contribution in [0, 0.1) is 0 Å². The van der Waals surface area contributed by atoms with Crippen molar-refractivity contribution in [3.63, 3.8) is 0 Å². The molecule has 0 saturated heterocycles. The van der Waals surface area contributed by atoms with Crippen LogP contribution >= 0.6 is 11.8 Å². The van der Waals surface area contributed by atoms with Gasteiger partial charge in [0.2, 0.25) is 0 Å². The van der Waals surface area contributed by atoms with Crippen molar-refractivity contribution in [1.29, 1.82) is 0 Å². The normalized spacial score (nSPS) is 15.4. The van der Waals surface area contributed by atoms with E-state index in [9.17, 15) is 5.11 Å². The zero-order chi connectivity index (χ0) is 12.7. The van der Waals surface area contributed by atoms with Gasteiger partial charge in [-0.3, -0.25) is 4.99 Å². The molecule has 1 aromatic carbocycles. The summed E-state index contributed by atoms with van der Waals surface area (Å²) in [6.45, 7) is 5.63. The first-order chi connectivity index (χ1) is 8.17. The van der Waals surface area contributed by atoms with E-state index >= 15 is 0 Å². The summed E-state index contributed by atoms with van der Waals surface area (Å²) in [4.78, 5) is 4.62. The van der Waals surface area contributed by atoms with Gasteiger partial charge in [-0.25, -0.2) is 0 Å². The van der Waals surface area contributed by atoms with Crippen LogP contribution in [0.1, 0.15) is 24.9 Å². The van der Waals surface area contributed by atoms with Crippen LogP contribution in [0.3, 0.4) is 0 Å². The van der Waals surface area contributed by atoms with Crippen LogP contribution in [-0.2, 0) is 0 Å². The van der Waals surface area contributed by atoms with Gasteiger partial charge in [-0.1, -0.05) is 36.4 Å². The molecule has 0 amide bonds. The lowest BCUT2D eigenvalue weighted by Crippen LogP contribution is -2.08. The lowest BCUT2D eigenvalue weighted by atomic mass is 10.1. The molecule has 0 unspecified atom stereocenters. The van der Waals surface area contributed by atoms with Crippen molar-refractivity contribution in [2.75, 3.05) is 6.26 Å². The summed E-state index contributed by atoms with van der Waals surface area (Å²) in [7, 11) is 0. The molecular weight excluding hydrogens is 230 g/mol. The Balaban J connectivity index is 2.74. The maximum absolute atomic E-state index is 9.53. The summed E-state index contributed by atoms with van der Waals surface area (Å²) in [5.74, 6) is 0. The van der Waals surface area contributed by atoms with E-state index < -0.39 is 6.10 Å². The molecule has 0 aliphatic heterocycles. The van der Waals surface area contributed by atoms with Gasteiger partial charge in [-0.2, -0.15) is 0 Å². The van der Waals surface area contributed by atoms with Crippen LogP contribution in [-0.4, -0.2) is 22.5 Å². The average molecular weight is 249 g/mol. The third-order valence-electron chi connectivity index (χ3n) is 2.51. The Labute approximate surface area is 107 Å². The largest absolute Gasteiger partial charge is 0.389 e. The Kier molecular flexibility index (Phi) is 6.01. The highest BCUT2D eigenvalue weighted by molar-refractivity contribution is 8.13. The predicted molar refractivity (Wildman–Crippen MR) is 76.6 cm³/mol. The fourth-order valence-corrected chi connectivity index (χ4v) is 2.07. The summed E-state index contributed by atoms with van der Waals surface area (Å²) in [5.41, 5.74) is 1.19. The number of aliphatic imine (C=N–C) groups is 1. The summed E-state index contributed by atoms with van der Waals surface area (Å²) in [5, 5.41) is 10.5. The molecule has 2 atom stereocenters. The van der Waals surface area contributed by atoms with E-state index in [-0.39, 0.29) is 6.04 Å². The zero-order valence-electron chi connectivity index (χ0n) is 10.3. The van der Waals surface area contributed by atoms with Crippen LogP contribution < -0.4 is 0 Å². The number of benzene rings is 1. The van der Waals surface area contributed by atoms with Crippen molar-refractivity contribution in [2.45, 2.75) is 25.5 Å². The Bertz CT molecular complexity index is 375. The number of aliphatic hydroxyl groups is 1. The molecule has 0 saturated carbocycles. The van der Waals surface area contributed by atoms with Gasteiger partial charge in [0.1, 0.15) is 0 Å². The van der Waals surface area contributed by atoms with E-state index in [1.807, 2.05) is 24.5 Å². The molecule has 0 bridgehead atoms. The number of aliphatic hydroxyl groups excluding tert-OH is 1. The maximum atomic E-state index is 9.53. The van der Waals surface area contributed by atoms with Crippen LogP contribution in [0.15, 0.2) is 48.0 Å². The standard InChI is InChI=1S/C14H19NOS/c1-4-13(16)10-14(17-3)15-11(2)12-8-6-5-7-9-12/h4-9,11,13,16H,1,10H2,2-3H3/t11-,13-/m0/s1. The van der Waals surface area contributed by atoms with Gasteiger partial charge in [-0.15, -0.1) is 18.3 Å². The fraction of sp³-hybridized carbons (Fsp3) is 0.357. The lowest BCUT2D eigenvalue weighted by Gasteiger charge is -2.11. The minimum Gasteiger partial charge on any atom is -0.389 e. The monoisotopic (exact) mass is 249 g/mol. The van der Waals surface area contributed by atoms with Crippen LogP contribution in [0.25, 0.3) is 0 Å². The Morgan fingerprint density at radius 2 is 2.12 bits per heavy atom. The van der Waals surface area contributed by atoms with E-state index in [0.29, 0.717) is 6.42 Å². The molecule has 0 fully saturated rings. The highest BCUT2D eigenvalue weighted by atomic mass is 32.2. The molecule has 0 heterocycles. The van der Waals surface area contributed by atoms with Gasteiger partial charge < -0.3 is 5.11 Å². The number of hydrogen-bond acceptors (Lipinski definition) is 3. The molecule has 0 aliphatic rings. The molecule has 92 valence electrons. The third kappa shape index (κ3) is 4.75. The first kappa shape index (κ1) is 14.0. The minimum atomic E-state index is -0.510. The van der Waals surface area contributed by atoms with Gasteiger partial charge in [0, 0.05) is 6.42 Å². The van der Waals surface area contributed by atoms with Crippen molar-refractivity contribution in [1.82, 2.24) is 0 Å². The molecule has 0 aromatic heterocycles. The molecular formula is C14H19NOS. The van der Waals surface area contributed by atoms with Crippen molar-refractivity contribution in [3.05, 3.63) is 48.6 Å². The quantitative estimate of drug-likeness (QED) is 0.492. The molecule has 17 heavy (non-hydrogen) atoms. The lowest BCUT2D eigenvalue weighted by molar-refractivity contribution is 0.232. The van der Waals surface area contributed by atoms with Gasteiger partial charge in [0.15, 0.2) is 0 Å². The van der Waals surface area contributed by atoms with Gasteiger partial charge in [-0.05, 0) is 18.7 Å². The van der Waals surface area contributed by atoms with Crippen molar-refractivity contribution < 1.29 is 5.11 Å². The second kappa shape index (κ2) is 7.30. The van der Waals surface area contributed by atoms with E-state index in [1.54, 1.807) is 17.8 Å². The summed E-state index contributed by atoms with van der Waals surface area (Å²) >= 11 is 1.58. The van der Waals surface area contributed by atoms with Gasteiger partial charge in [0.05, 0.1) is 17.2 Å². The summed E-state index contributed by atoms with van der Waals surface area (Å²) in [6.07, 6.45) is 3.55. The van der Waals surface area contributed by atoms with Crippen LogP contribution in [0.2, 0.25) is 0 Å². The van der Waals surface area contributed by atoms with Crippen molar-refractivity contribution in [3.8, 4) is 0 Å². The van der Waals surface area contributed by atoms with E-state index in [2.05, 4.69) is 30.6 Å². The number of hydrogen-bond donors (Lipinski definition) is 1. The number of rotatable bonds is 5. The van der Waals surface area contributed by atoms with E-state index in [0.717, 1.165) is 5.04 Å². The summed E-state index contributed by atoms with van der Waals surface area (Å²) < 4.78 is 0. The number of thioether (sulfide) groups is 1. The third-order valence-corrected chi connectivity index (χ3v) is 3.25. The Morgan fingerprint density at radius 3 is 2.65 bits per heavy atom. The smallest absolute Gasteiger partial charge is 0.0778 e.